The molecule has 0 aromatic carbocycles. The molecule has 2 N–H and O–H groups in total. The van der Waals surface area contributed by atoms with E-state index in [2.05, 4.69) is 15.1 Å². The van der Waals surface area contributed by atoms with E-state index in [9.17, 15) is 14.9 Å². The second kappa shape index (κ2) is 4.70. The van der Waals surface area contributed by atoms with Crippen LogP contribution in [0.3, 0.4) is 0 Å². The molecule has 1 aromatic rings. The Bertz CT molecular complexity index is 467. The van der Waals surface area contributed by atoms with Crippen molar-refractivity contribution in [3.63, 3.8) is 0 Å². The normalized spacial score (nSPS) is 11.5. The number of aromatic nitrogens is 3. The quantitative estimate of drug-likeness (QED) is 0.232. The first-order valence-electron chi connectivity index (χ1n) is 3.93. The van der Waals surface area contributed by atoms with Crippen LogP contribution in [0.4, 0.5) is 5.95 Å². The van der Waals surface area contributed by atoms with Gasteiger partial charge in [-0.3, -0.25) is 4.79 Å². The third-order valence-corrected chi connectivity index (χ3v) is 2.10. The van der Waals surface area contributed by atoms with Gasteiger partial charge >= 0.3 is 11.7 Å². The maximum absolute atomic E-state index is 11.6. The second-order valence-electron chi connectivity index (χ2n) is 2.48. The molecule has 0 aliphatic carbocycles. The van der Waals surface area contributed by atoms with E-state index >= 15 is 0 Å². The molecular formula is C6H8N6O3S. The van der Waals surface area contributed by atoms with Crippen LogP contribution >= 0.6 is 11.8 Å². The van der Waals surface area contributed by atoms with Crippen molar-refractivity contribution in [3.8, 4) is 0 Å². The molecule has 1 aromatic heterocycles. The van der Waals surface area contributed by atoms with Crippen LogP contribution in [0.2, 0.25) is 0 Å². The summed E-state index contributed by atoms with van der Waals surface area (Å²) in [6, 6.07) is 0. The standard InChI is InChI=1S/C6H8N6O3S/c1-8-3(12(14)15)4(13)11-5(7)9-6(10-11)16-2/h1-2H3,(H2,7,9,10). The number of amidine groups is 1. The number of nitrogens with two attached hydrogens (primary N) is 1. The maximum atomic E-state index is 11.6. The minimum absolute atomic E-state index is 0.211. The van der Waals surface area contributed by atoms with Gasteiger partial charge in [-0.05, 0) is 11.2 Å². The summed E-state index contributed by atoms with van der Waals surface area (Å²) in [5, 5.41) is 14.4. The lowest BCUT2D eigenvalue weighted by Gasteiger charge is -1.97. The summed E-state index contributed by atoms with van der Waals surface area (Å²) < 4.78 is 0.650. The van der Waals surface area contributed by atoms with E-state index in [4.69, 9.17) is 5.73 Å². The number of nitrogens with zero attached hydrogens (tertiary/aromatic N) is 5. The van der Waals surface area contributed by atoms with Gasteiger partial charge in [-0.25, -0.2) is 0 Å². The number of carbonyl (C=O) groups is 1. The Morgan fingerprint density at radius 3 is 2.69 bits per heavy atom. The molecule has 0 unspecified atom stereocenters. The van der Waals surface area contributed by atoms with Gasteiger partial charge in [0.15, 0.2) is 0 Å². The largest absolute Gasteiger partial charge is 0.426 e. The zero-order chi connectivity index (χ0) is 12.3. The number of nitro groups is 1. The molecule has 0 aliphatic rings. The second-order valence-corrected chi connectivity index (χ2v) is 3.25. The molecule has 0 radical (unpaired) electrons. The Morgan fingerprint density at radius 2 is 2.31 bits per heavy atom. The summed E-state index contributed by atoms with van der Waals surface area (Å²) in [6.45, 7) is 0. The minimum Gasteiger partial charge on any atom is -0.368 e. The fraction of sp³-hybridized carbons (Fsp3) is 0.333. The lowest BCUT2D eigenvalue weighted by Crippen LogP contribution is -2.30. The van der Waals surface area contributed by atoms with Crippen molar-refractivity contribution in [2.24, 2.45) is 4.99 Å². The molecule has 1 rings (SSSR count). The zero-order valence-electron chi connectivity index (χ0n) is 8.45. The van der Waals surface area contributed by atoms with Crippen molar-refractivity contribution < 1.29 is 9.72 Å². The average molecular weight is 244 g/mol. The first-order valence-corrected chi connectivity index (χ1v) is 5.16. The van der Waals surface area contributed by atoms with E-state index in [1.165, 1.54) is 0 Å². The smallest absolute Gasteiger partial charge is 0.368 e. The van der Waals surface area contributed by atoms with Crippen molar-refractivity contribution >= 4 is 29.5 Å². The van der Waals surface area contributed by atoms with Crippen LogP contribution in [-0.4, -0.2) is 44.7 Å². The van der Waals surface area contributed by atoms with E-state index in [-0.39, 0.29) is 11.1 Å². The van der Waals surface area contributed by atoms with Crippen LogP contribution in [0.15, 0.2) is 10.1 Å². The fourth-order valence-corrected chi connectivity index (χ4v) is 1.24. The molecule has 9 nitrogen and oxygen atoms in total. The summed E-state index contributed by atoms with van der Waals surface area (Å²) in [5.41, 5.74) is 5.39. The van der Waals surface area contributed by atoms with E-state index in [0.29, 0.717) is 4.68 Å². The number of anilines is 1. The molecule has 1 heterocycles. The summed E-state index contributed by atoms with van der Waals surface area (Å²) in [6.07, 6.45) is 1.69. The molecule has 0 amide bonds. The van der Waals surface area contributed by atoms with Gasteiger partial charge in [0.05, 0.1) is 0 Å². The average Bonchev–Trinajstić information content (AvgIpc) is 2.60. The third-order valence-electron chi connectivity index (χ3n) is 1.56. The molecule has 0 atom stereocenters. The molecule has 0 aliphatic heterocycles. The molecule has 10 heteroatoms. The van der Waals surface area contributed by atoms with Crippen molar-refractivity contribution in [3.05, 3.63) is 10.1 Å². The highest BCUT2D eigenvalue weighted by atomic mass is 32.2. The first kappa shape index (κ1) is 12.1. The van der Waals surface area contributed by atoms with Crippen LogP contribution in [0, 0.1) is 10.1 Å². The van der Waals surface area contributed by atoms with Gasteiger partial charge in [0.2, 0.25) is 11.1 Å². The number of hydrogen-bond donors (Lipinski definition) is 1. The van der Waals surface area contributed by atoms with Gasteiger partial charge < -0.3 is 15.8 Å². The van der Waals surface area contributed by atoms with Gasteiger partial charge in [0.1, 0.15) is 7.05 Å². The number of aliphatic imine (C=N–C) groups is 1. The van der Waals surface area contributed by atoms with Gasteiger partial charge in [-0.15, -0.1) is 5.10 Å². The highest BCUT2D eigenvalue weighted by Gasteiger charge is 2.27. The van der Waals surface area contributed by atoms with Gasteiger partial charge in [0, 0.05) is 0 Å². The van der Waals surface area contributed by atoms with Crippen LogP contribution < -0.4 is 5.73 Å². The van der Waals surface area contributed by atoms with Crippen molar-refractivity contribution in [2.45, 2.75) is 5.16 Å². The molecular weight excluding hydrogens is 236 g/mol. The SMILES string of the molecule is CN=C(C(=O)n1nc(SC)nc1N)[N+](=O)[O-]. The van der Waals surface area contributed by atoms with Crippen LogP contribution in [0.5, 0.6) is 0 Å². The Hall–Kier alpha value is -1.97. The Labute approximate surface area is 93.9 Å². The van der Waals surface area contributed by atoms with E-state index in [1.807, 2.05) is 0 Å². The van der Waals surface area contributed by atoms with Gasteiger partial charge in [-0.1, -0.05) is 16.8 Å². The van der Waals surface area contributed by atoms with E-state index in [1.54, 1.807) is 6.26 Å². The van der Waals surface area contributed by atoms with Crippen LogP contribution in [0.25, 0.3) is 0 Å². The lowest BCUT2D eigenvalue weighted by molar-refractivity contribution is -0.347. The topological polar surface area (TPSA) is 129 Å². The fourth-order valence-electron chi connectivity index (χ4n) is 0.891. The molecule has 0 saturated carbocycles. The summed E-state index contributed by atoms with van der Waals surface area (Å²) in [7, 11) is 1.14. The van der Waals surface area contributed by atoms with Gasteiger partial charge in [0.25, 0.3) is 0 Å². The number of nitrogen functional groups attached to an aromatic ring is 1. The monoisotopic (exact) mass is 244 g/mol. The molecule has 0 bridgehead atoms. The Morgan fingerprint density at radius 1 is 1.69 bits per heavy atom. The summed E-state index contributed by atoms with van der Waals surface area (Å²) in [5.74, 6) is -2.07. The van der Waals surface area contributed by atoms with Crippen molar-refractivity contribution in [2.75, 3.05) is 19.0 Å². The predicted octanol–water partition coefficient (Wildman–Crippen LogP) is -0.473. The molecule has 86 valence electrons. The van der Waals surface area contributed by atoms with Crippen molar-refractivity contribution in [1.82, 2.24) is 14.8 Å². The van der Waals surface area contributed by atoms with Crippen LogP contribution in [0.1, 0.15) is 4.79 Å². The number of hydrogen-bond acceptors (Lipinski definition) is 8. The zero-order valence-corrected chi connectivity index (χ0v) is 9.26. The number of rotatable bonds is 1. The molecule has 0 fully saturated rings. The lowest BCUT2D eigenvalue weighted by atomic mass is 10.5. The summed E-state index contributed by atoms with van der Waals surface area (Å²) in [4.78, 5) is 28.1. The predicted molar refractivity (Wildman–Crippen MR) is 57.2 cm³/mol. The van der Waals surface area contributed by atoms with Crippen LogP contribution in [-0.2, 0) is 0 Å². The number of thioether (sulfide) groups is 1. The molecule has 0 spiro atoms. The van der Waals surface area contributed by atoms with E-state index in [0.717, 1.165) is 18.8 Å². The highest BCUT2D eigenvalue weighted by molar-refractivity contribution is 7.98. The molecule has 0 saturated heterocycles. The van der Waals surface area contributed by atoms with E-state index < -0.39 is 16.7 Å². The van der Waals surface area contributed by atoms with Gasteiger partial charge in [-0.2, -0.15) is 9.67 Å². The highest BCUT2D eigenvalue weighted by Crippen LogP contribution is 2.10. The number of carbonyl (C=O) groups excluding carboxylic acids is 1. The Kier molecular flexibility index (Phi) is 3.55. The van der Waals surface area contributed by atoms with Crippen molar-refractivity contribution in [1.29, 1.82) is 0 Å². The Balaban J connectivity index is 3.14. The molecule has 16 heavy (non-hydrogen) atoms. The minimum atomic E-state index is -1.02. The third kappa shape index (κ3) is 2.16. The summed E-state index contributed by atoms with van der Waals surface area (Å²) >= 11 is 1.16. The first-order chi connectivity index (χ1) is 7.51. The maximum Gasteiger partial charge on any atom is 0.426 e.